The lowest BCUT2D eigenvalue weighted by molar-refractivity contribution is -0.189. The van der Waals surface area contributed by atoms with Gasteiger partial charge < -0.3 is 15.4 Å². The SMILES string of the molecule is [2H]C([2H])(COc1ccn(-c2ccc(C(=O)NS(=O)(=O)c3cccc(NCCC[C@@H]4CNC(C)(C)C4)n3)c(Cl)n2)n1)C([2H])([2H])C1(C(F)(F)F)CC1. The van der Waals surface area contributed by atoms with Crippen LogP contribution in [0, 0.1) is 11.3 Å². The molecule has 4 heterocycles. The van der Waals surface area contributed by atoms with E-state index in [1.54, 1.807) is 6.07 Å². The van der Waals surface area contributed by atoms with Crippen molar-refractivity contribution < 1.29 is 36.6 Å². The van der Waals surface area contributed by atoms with Gasteiger partial charge in [-0.15, -0.1) is 5.10 Å². The van der Waals surface area contributed by atoms with Crippen molar-refractivity contribution in [3.05, 3.63) is 53.3 Å². The molecule has 1 aliphatic heterocycles. The van der Waals surface area contributed by atoms with Gasteiger partial charge in [-0.2, -0.15) is 21.6 Å². The van der Waals surface area contributed by atoms with E-state index in [-0.39, 0.29) is 33.0 Å². The largest absolute Gasteiger partial charge is 0.477 e. The summed E-state index contributed by atoms with van der Waals surface area (Å²) in [5.41, 5.74) is -2.94. The van der Waals surface area contributed by atoms with Gasteiger partial charge in [0, 0.05) is 29.8 Å². The van der Waals surface area contributed by atoms with Gasteiger partial charge in [0.15, 0.2) is 10.8 Å². The Bertz CT molecular complexity index is 1840. The summed E-state index contributed by atoms with van der Waals surface area (Å²) in [5.74, 6) is -0.382. The molecule has 5 rings (SSSR count). The van der Waals surface area contributed by atoms with Crippen LogP contribution in [0.25, 0.3) is 5.82 Å². The first-order valence-corrected chi connectivity index (χ1v) is 16.5. The highest BCUT2D eigenvalue weighted by Crippen LogP contribution is 2.60. The molecule has 1 saturated carbocycles. The first-order chi connectivity index (χ1) is 23.2. The quantitative estimate of drug-likeness (QED) is 0.148. The zero-order valence-electron chi connectivity index (χ0n) is 29.1. The highest BCUT2D eigenvalue weighted by Gasteiger charge is 2.62. The first-order valence-electron chi connectivity index (χ1n) is 16.6. The Kier molecular flexibility index (Phi) is 8.35. The van der Waals surface area contributed by atoms with Crippen molar-refractivity contribution in [1.82, 2.24) is 29.8 Å². The molecule has 3 aromatic rings. The van der Waals surface area contributed by atoms with Gasteiger partial charge in [0.1, 0.15) is 11.0 Å². The number of nitrogens with zero attached hydrogens (tertiary/aromatic N) is 4. The van der Waals surface area contributed by atoms with Crippen LogP contribution in [0.3, 0.4) is 0 Å². The van der Waals surface area contributed by atoms with Crippen LogP contribution < -0.4 is 20.1 Å². The number of amides is 1. The monoisotopic (exact) mass is 687 g/mol. The standard InChI is InChI=1S/C30H37ClF3N7O4S/c1-28(2)18-20(19-36-28)6-4-15-35-22-7-3-8-25(37-22)46(43,44)40-27(42)21-9-10-23(38-26(21)31)41-16-11-24(39-41)45-17-5-12-29(13-14-29)30(32,33)34/h3,7-11,16,20,36H,4-6,12-15,17-19H2,1-2H3,(H,35,37)(H,40,42)/t20-/m0/s1/i5D2,12D2. The number of carbonyl (C=O) groups excluding carboxylic acids is 1. The molecule has 16 heteroatoms. The number of aromatic nitrogens is 4. The number of ether oxygens (including phenoxy) is 1. The minimum absolute atomic E-state index is 0.0324. The molecular weight excluding hydrogens is 647 g/mol. The van der Waals surface area contributed by atoms with Crippen molar-refractivity contribution >= 4 is 33.3 Å². The third kappa shape index (κ3) is 8.28. The molecule has 3 N–H and O–H groups in total. The highest BCUT2D eigenvalue weighted by atomic mass is 35.5. The molecule has 2 aliphatic rings. The maximum Gasteiger partial charge on any atom is 0.394 e. The highest BCUT2D eigenvalue weighted by molar-refractivity contribution is 7.90. The van der Waals surface area contributed by atoms with Gasteiger partial charge >= 0.3 is 6.18 Å². The summed E-state index contributed by atoms with van der Waals surface area (Å²) in [6, 6.07) is 8.09. The predicted molar refractivity (Wildman–Crippen MR) is 166 cm³/mol. The van der Waals surface area contributed by atoms with Crippen LogP contribution in [-0.2, 0) is 10.0 Å². The van der Waals surface area contributed by atoms with Gasteiger partial charge in [-0.3, -0.25) is 4.79 Å². The van der Waals surface area contributed by atoms with E-state index in [0.29, 0.717) is 18.3 Å². The lowest BCUT2D eigenvalue weighted by Gasteiger charge is -2.18. The maximum absolute atomic E-state index is 13.5. The van der Waals surface area contributed by atoms with Gasteiger partial charge in [0.2, 0.25) is 5.88 Å². The average Bonchev–Trinajstić information content (AvgIpc) is 3.62. The second kappa shape index (κ2) is 13.4. The predicted octanol–water partition coefficient (Wildman–Crippen LogP) is 5.52. The number of sulfonamides is 1. The van der Waals surface area contributed by atoms with Crippen molar-refractivity contribution in [2.45, 2.75) is 75.4 Å². The molecule has 0 aromatic carbocycles. The van der Waals surface area contributed by atoms with E-state index in [2.05, 4.69) is 39.5 Å². The van der Waals surface area contributed by atoms with Gasteiger partial charge in [0.25, 0.3) is 15.9 Å². The molecule has 1 amide bonds. The third-order valence-corrected chi connectivity index (χ3v) is 9.30. The number of carbonyl (C=O) groups is 1. The zero-order valence-corrected chi connectivity index (χ0v) is 26.7. The van der Waals surface area contributed by atoms with Crippen LogP contribution in [0.1, 0.15) is 74.5 Å². The van der Waals surface area contributed by atoms with Gasteiger partial charge in [-0.05, 0) is 95.4 Å². The van der Waals surface area contributed by atoms with Crippen LogP contribution in [0.4, 0.5) is 19.0 Å². The molecule has 0 bridgehead atoms. The number of hydrogen-bond donors (Lipinski definition) is 3. The number of rotatable bonds is 14. The van der Waals surface area contributed by atoms with E-state index in [1.807, 2.05) is 4.72 Å². The zero-order chi connectivity index (χ0) is 36.8. The third-order valence-electron chi connectivity index (χ3n) is 7.78. The second-order valence-corrected chi connectivity index (χ2v) is 14.0. The van der Waals surface area contributed by atoms with Gasteiger partial charge in [-0.25, -0.2) is 19.4 Å². The van der Waals surface area contributed by atoms with E-state index in [0.717, 1.165) is 30.5 Å². The number of anilines is 1. The molecule has 3 aromatic heterocycles. The van der Waals surface area contributed by atoms with E-state index in [9.17, 15) is 26.4 Å². The number of nitrogens with one attached hydrogen (secondary N) is 3. The molecule has 0 spiro atoms. The van der Waals surface area contributed by atoms with Gasteiger partial charge in [-0.1, -0.05) is 17.7 Å². The summed E-state index contributed by atoms with van der Waals surface area (Å²) >= 11 is 6.22. The summed E-state index contributed by atoms with van der Waals surface area (Å²) < 4.78 is 107. The summed E-state index contributed by atoms with van der Waals surface area (Å²) in [6.45, 7) is 4.84. The van der Waals surface area contributed by atoms with Gasteiger partial charge in [0.05, 0.1) is 17.6 Å². The Morgan fingerprint density at radius 2 is 2.00 bits per heavy atom. The Labute approximate surface area is 276 Å². The fourth-order valence-electron chi connectivity index (χ4n) is 5.14. The Hall–Kier alpha value is -3.43. The number of pyridine rings is 2. The molecule has 1 atom stereocenters. The fourth-order valence-corrected chi connectivity index (χ4v) is 6.31. The molecule has 11 nitrogen and oxygen atoms in total. The molecular formula is C30H37ClF3N7O4S. The summed E-state index contributed by atoms with van der Waals surface area (Å²) in [7, 11) is -4.40. The minimum Gasteiger partial charge on any atom is -0.477 e. The second-order valence-electron chi connectivity index (χ2n) is 12.0. The van der Waals surface area contributed by atoms with Crippen LogP contribution in [0.2, 0.25) is 5.15 Å². The Morgan fingerprint density at radius 3 is 2.67 bits per heavy atom. The normalized spacial score (nSPS) is 20.6. The summed E-state index contributed by atoms with van der Waals surface area (Å²) in [6.07, 6.45) is -7.98. The lowest BCUT2D eigenvalue weighted by atomic mass is 9.94. The molecule has 0 unspecified atom stereocenters. The Morgan fingerprint density at radius 1 is 1.22 bits per heavy atom. The molecule has 1 aliphatic carbocycles. The molecule has 250 valence electrons. The van der Waals surface area contributed by atoms with E-state index < -0.39 is 59.7 Å². The summed E-state index contributed by atoms with van der Waals surface area (Å²) in [4.78, 5) is 21.1. The lowest BCUT2D eigenvalue weighted by Crippen LogP contribution is -2.31. The smallest absolute Gasteiger partial charge is 0.394 e. The number of halogens is 4. The van der Waals surface area contributed by atoms with E-state index >= 15 is 0 Å². The van der Waals surface area contributed by atoms with Crippen LogP contribution in [-0.4, -0.2) is 65.5 Å². The van der Waals surface area contributed by atoms with E-state index in [1.165, 1.54) is 36.5 Å². The molecule has 0 radical (unpaired) electrons. The first kappa shape index (κ1) is 28.8. The van der Waals surface area contributed by atoms with Crippen molar-refractivity contribution in [3.8, 4) is 11.7 Å². The number of alkyl halides is 3. The molecule has 1 saturated heterocycles. The van der Waals surface area contributed by atoms with Crippen molar-refractivity contribution in [3.63, 3.8) is 0 Å². The van der Waals surface area contributed by atoms with Crippen molar-refractivity contribution in [1.29, 1.82) is 0 Å². The topological polar surface area (TPSA) is 140 Å². The molecule has 46 heavy (non-hydrogen) atoms. The molecule has 2 fully saturated rings. The van der Waals surface area contributed by atoms with Crippen LogP contribution >= 0.6 is 11.6 Å². The summed E-state index contributed by atoms with van der Waals surface area (Å²) in [5, 5.41) is 9.86. The van der Waals surface area contributed by atoms with Crippen LogP contribution in [0.5, 0.6) is 5.88 Å². The van der Waals surface area contributed by atoms with Crippen molar-refractivity contribution in [2.75, 3.05) is 25.0 Å². The van der Waals surface area contributed by atoms with Crippen molar-refractivity contribution in [2.24, 2.45) is 11.3 Å². The fraction of sp³-hybridized carbons (Fsp3) is 0.533. The average molecular weight is 688 g/mol. The number of hydrogen-bond acceptors (Lipinski definition) is 9. The van der Waals surface area contributed by atoms with Crippen LogP contribution in [0.15, 0.2) is 47.6 Å². The Balaban J connectivity index is 1.17. The minimum atomic E-state index is -4.92. The van der Waals surface area contributed by atoms with E-state index in [4.69, 9.17) is 21.8 Å². The maximum atomic E-state index is 13.5.